The van der Waals surface area contributed by atoms with Gasteiger partial charge in [0.15, 0.2) is 0 Å². The molecule has 0 aromatic heterocycles. The Hall–Kier alpha value is -4.15. The Balaban J connectivity index is 1.78. The summed E-state index contributed by atoms with van der Waals surface area (Å²) >= 11 is 3.45. The summed E-state index contributed by atoms with van der Waals surface area (Å²) in [6, 6.07) is 30.3. The quantitative estimate of drug-likeness (QED) is 0.193. The topological polar surface area (TPSA) is 96.0 Å². The SMILES string of the molecule is COc1ccc(S(=O)(=O)N(CC(=O)N(Cc2ccc(Br)cc2)C(Cc2ccccc2)C(=O)NC(C)C)c2ccccc2)cc1. The van der Waals surface area contributed by atoms with Crippen LogP contribution in [0.2, 0.25) is 0 Å². The molecule has 0 aliphatic heterocycles. The van der Waals surface area contributed by atoms with E-state index < -0.39 is 28.5 Å². The number of anilines is 1. The number of sulfonamides is 1. The molecular weight excluding hydrogens is 642 g/mol. The van der Waals surface area contributed by atoms with Crippen LogP contribution in [0.5, 0.6) is 5.75 Å². The zero-order chi connectivity index (χ0) is 31.7. The highest BCUT2D eigenvalue weighted by molar-refractivity contribution is 9.10. The van der Waals surface area contributed by atoms with Crippen LogP contribution in [0.3, 0.4) is 0 Å². The number of halogens is 1. The molecule has 0 aliphatic rings. The molecule has 0 spiro atoms. The van der Waals surface area contributed by atoms with Gasteiger partial charge in [-0.3, -0.25) is 13.9 Å². The molecule has 1 N–H and O–H groups in total. The van der Waals surface area contributed by atoms with Gasteiger partial charge in [0.1, 0.15) is 18.3 Å². The second kappa shape index (κ2) is 15.0. The third-order valence-corrected chi connectivity index (χ3v) is 9.26. The third kappa shape index (κ3) is 8.48. The van der Waals surface area contributed by atoms with Crippen molar-refractivity contribution in [3.8, 4) is 5.75 Å². The predicted octanol–water partition coefficient (Wildman–Crippen LogP) is 5.82. The number of nitrogens with one attached hydrogen (secondary N) is 1. The molecule has 0 saturated carbocycles. The molecule has 10 heteroatoms. The van der Waals surface area contributed by atoms with Crippen molar-refractivity contribution in [1.82, 2.24) is 10.2 Å². The van der Waals surface area contributed by atoms with Gasteiger partial charge in [0.25, 0.3) is 10.0 Å². The number of hydrogen-bond donors (Lipinski definition) is 1. The first-order valence-electron chi connectivity index (χ1n) is 14.2. The molecule has 230 valence electrons. The smallest absolute Gasteiger partial charge is 0.264 e. The standard InChI is InChI=1S/C34H36BrN3O5S/c1-25(2)36-34(40)32(22-26-10-6-4-7-11-26)37(23-27-14-16-28(35)17-15-27)33(39)24-38(29-12-8-5-9-13-29)44(41,42)31-20-18-30(43-3)19-21-31/h4-21,25,32H,22-24H2,1-3H3,(H,36,40). The van der Waals surface area contributed by atoms with Gasteiger partial charge >= 0.3 is 0 Å². The molecule has 44 heavy (non-hydrogen) atoms. The molecule has 0 aliphatic carbocycles. The van der Waals surface area contributed by atoms with Gasteiger partial charge in [-0.2, -0.15) is 0 Å². The van der Waals surface area contributed by atoms with E-state index in [1.54, 1.807) is 42.5 Å². The van der Waals surface area contributed by atoms with Crippen molar-refractivity contribution in [2.75, 3.05) is 18.0 Å². The Morgan fingerprint density at radius 3 is 1.98 bits per heavy atom. The number of methoxy groups -OCH3 is 1. The molecule has 4 aromatic carbocycles. The van der Waals surface area contributed by atoms with E-state index in [1.807, 2.05) is 68.4 Å². The van der Waals surface area contributed by atoms with Crippen LogP contribution in [-0.4, -0.2) is 50.9 Å². The summed E-state index contributed by atoms with van der Waals surface area (Å²) in [5.41, 5.74) is 1.99. The average Bonchev–Trinajstić information content (AvgIpc) is 3.02. The lowest BCUT2D eigenvalue weighted by Crippen LogP contribution is -2.54. The van der Waals surface area contributed by atoms with Gasteiger partial charge in [-0.05, 0) is 73.5 Å². The molecule has 0 bridgehead atoms. The average molecular weight is 679 g/mol. The highest BCUT2D eigenvalue weighted by Crippen LogP contribution is 2.26. The number of amides is 2. The first-order valence-corrected chi connectivity index (χ1v) is 16.4. The Kier molecular flexibility index (Phi) is 11.2. The number of ether oxygens (including phenoxy) is 1. The Morgan fingerprint density at radius 2 is 1.41 bits per heavy atom. The van der Waals surface area contributed by atoms with E-state index in [9.17, 15) is 18.0 Å². The second-order valence-electron chi connectivity index (χ2n) is 10.5. The van der Waals surface area contributed by atoms with Crippen LogP contribution in [0.25, 0.3) is 0 Å². The van der Waals surface area contributed by atoms with Crippen molar-refractivity contribution in [1.29, 1.82) is 0 Å². The molecule has 2 amide bonds. The lowest BCUT2D eigenvalue weighted by Gasteiger charge is -2.34. The van der Waals surface area contributed by atoms with Crippen molar-refractivity contribution in [3.05, 3.63) is 125 Å². The van der Waals surface area contributed by atoms with E-state index in [0.29, 0.717) is 11.4 Å². The summed E-state index contributed by atoms with van der Waals surface area (Å²) in [5.74, 6) is -0.334. The highest BCUT2D eigenvalue weighted by Gasteiger charge is 2.34. The van der Waals surface area contributed by atoms with Crippen LogP contribution >= 0.6 is 15.9 Å². The Morgan fingerprint density at radius 1 is 0.818 bits per heavy atom. The van der Waals surface area contributed by atoms with Crippen molar-refractivity contribution in [3.63, 3.8) is 0 Å². The maximum Gasteiger partial charge on any atom is 0.264 e. The fraction of sp³-hybridized carbons (Fsp3) is 0.235. The van der Waals surface area contributed by atoms with Crippen molar-refractivity contribution >= 4 is 43.5 Å². The number of rotatable bonds is 13. The van der Waals surface area contributed by atoms with Gasteiger partial charge in [0, 0.05) is 23.5 Å². The third-order valence-electron chi connectivity index (χ3n) is 6.94. The van der Waals surface area contributed by atoms with Gasteiger partial charge in [-0.15, -0.1) is 0 Å². The molecule has 1 unspecified atom stereocenters. The fourth-order valence-corrected chi connectivity index (χ4v) is 6.40. The van der Waals surface area contributed by atoms with E-state index in [4.69, 9.17) is 4.74 Å². The van der Waals surface area contributed by atoms with E-state index >= 15 is 0 Å². The van der Waals surface area contributed by atoms with Crippen LogP contribution in [0, 0.1) is 0 Å². The van der Waals surface area contributed by atoms with Crippen LogP contribution < -0.4 is 14.4 Å². The van der Waals surface area contributed by atoms with E-state index in [1.165, 1.54) is 24.1 Å². The number of benzene rings is 4. The normalized spacial score (nSPS) is 11.9. The number of carbonyl (C=O) groups is 2. The fourth-order valence-electron chi connectivity index (χ4n) is 4.72. The number of para-hydroxylation sites is 1. The van der Waals surface area contributed by atoms with Gasteiger partial charge in [0.05, 0.1) is 17.7 Å². The summed E-state index contributed by atoms with van der Waals surface area (Å²) in [4.78, 5) is 29.6. The van der Waals surface area contributed by atoms with Gasteiger partial charge in [-0.25, -0.2) is 8.42 Å². The summed E-state index contributed by atoms with van der Waals surface area (Å²) in [7, 11) is -2.69. The summed E-state index contributed by atoms with van der Waals surface area (Å²) in [5, 5.41) is 2.96. The van der Waals surface area contributed by atoms with Crippen molar-refractivity contribution in [2.45, 2.75) is 43.8 Å². The second-order valence-corrected chi connectivity index (χ2v) is 13.3. The van der Waals surface area contributed by atoms with Gasteiger partial charge in [0.2, 0.25) is 11.8 Å². The van der Waals surface area contributed by atoms with Crippen LogP contribution in [0.15, 0.2) is 119 Å². The maximum atomic E-state index is 14.4. The number of nitrogens with zero attached hydrogens (tertiary/aromatic N) is 2. The zero-order valence-electron chi connectivity index (χ0n) is 24.9. The molecule has 0 fully saturated rings. The number of carbonyl (C=O) groups excluding carboxylic acids is 2. The Bertz CT molecular complexity index is 1630. The minimum Gasteiger partial charge on any atom is -0.497 e. The molecule has 4 aromatic rings. The monoisotopic (exact) mass is 677 g/mol. The zero-order valence-corrected chi connectivity index (χ0v) is 27.3. The van der Waals surface area contributed by atoms with Crippen LogP contribution in [-0.2, 0) is 32.6 Å². The maximum absolute atomic E-state index is 14.4. The van der Waals surface area contributed by atoms with Crippen molar-refractivity contribution in [2.24, 2.45) is 0 Å². The first-order chi connectivity index (χ1) is 21.1. The molecule has 4 rings (SSSR count). The van der Waals surface area contributed by atoms with Crippen LogP contribution in [0.4, 0.5) is 5.69 Å². The molecule has 0 saturated heterocycles. The van der Waals surface area contributed by atoms with E-state index in [2.05, 4.69) is 21.2 Å². The molecule has 1 atom stereocenters. The number of hydrogen-bond acceptors (Lipinski definition) is 5. The van der Waals surface area contributed by atoms with Gasteiger partial charge in [-0.1, -0.05) is 76.6 Å². The minimum absolute atomic E-state index is 0.00722. The van der Waals surface area contributed by atoms with Crippen LogP contribution in [0.1, 0.15) is 25.0 Å². The van der Waals surface area contributed by atoms with Crippen molar-refractivity contribution < 1.29 is 22.7 Å². The lowest BCUT2D eigenvalue weighted by molar-refractivity contribution is -0.140. The lowest BCUT2D eigenvalue weighted by atomic mass is 10.0. The van der Waals surface area contributed by atoms with E-state index in [-0.39, 0.29) is 29.8 Å². The minimum atomic E-state index is -4.19. The van der Waals surface area contributed by atoms with E-state index in [0.717, 1.165) is 19.9 Å². The summed E-state index contributed by atoms with van der Waals surface area (Å²) < 4.78 is 35.3. The molecular formula is C34H36BrN3O5S. The highest BCUT2D eigenvalue weighted by atomic mass is 79.9. The molecule has 0 radical (unpaired) electrons. The largest absolute Gasteiger partial charge is 0.497 e. The Labute approximate surface area is 267 Å². The summed E-state index contributed by atoms with van der Waals surface area (Å²) in [6.45, 7) is 3.29. The predicted molar refractivity (Wildman–Crippen MR) is 176 cm³/mol. The van der Waals surface area contributed by atoms with Gasteiger partial charge < -0.3 is 15.0 Å². The molecule has 8 nitrogen and oxygen atoms in total. The first kappa shape index (κ1) is 32.8. The summed E-state index contributed by atoms with van der Waals surface area (Å²) in [6.07, 6.45) is 0.248. The molecule has 0 heterocycles.